The molecule has 5 nitrogen and oxygen atoms in total. The second-order valence-electron chi connectivity index (χ2n) is 6.62. The number of halogens is 1. The lowest BCUT2D eigenvalue weighted by Gasteiger charge is -2.36. The van der Waals surface area contributed by atoms with Crippen LogP contribution in [0.1, 0.15) is 12.5 Å². The molecule has 0 unspecified atom stereocenters. The molecule has 3 rings (SSSR count). The average Bonchev–Trinajstić information content (AvgIpc) is 2.66. The predicted molar refractivity (Wildman–Crippen MR) is 106 cm³/mol. The monoisotopic (exact) mass is 371 g/mol. The van der Waals surface area contributed by atoms with Crippen LogP contribution in [0.4, 0.5) is 15.8 Å². The van der Waals surface area contributed by atoms with Crippen molar-refractivity contribution in [1.29, 1.82) is 0 Å². The highest BCUT2D eigenvalue weighted by atomic mass is 19.1. The molecule has 1 amide bonds. The lowest BCUT2D eigenvalue weighted by Crippen LogP contribution is -2.48. The Morgan fingerprint density at radius 3 is 2.59 bits per heavy atom. The maximum atomic E-state index is 13.8. The third kappa shape index (κ3) is 4.77. The van der Waals surface area contributed by atoms with Gasteiger partial charge in [0.1, 0.15) is 11.6 Å². The molecule has 0 aromatic heterocycles. The molecule has 0 aliphatic carbocycles. The van der Waals surface area contributed by atoms with Gasteiger partial charge in [-0.15, -0.1) is 0 Å². The van der Waals surface area contributed by atoms with Gasteiger partial charge in [0, 0.05) is 37.4 Å². The number of piperazine rings is 1. The van der Waals surface area contributed by atoms with Crippen molar-refractivity contribution in [2.24, 2.45) is 0 Å². The van der Waals surface area contributed by atoms with E-state index in [2.05, 4.69) is 15.1 Å². The van der Waals surface area contributed by atoms with E-state index in [1.54, 1.807) is 13.0 Å². The molecule has 0 saturated carbocycles. The Morgan fingerprint density at radius 1 is 1.11 bits per heavy atom. The van der Waals surface area contributed by atoms with Gasteiger partial charge in [-0.25, -0.2) is 4.39 Å². The highest BCUT2D eigenvalue weighted by Gasteiger charge is 2.21. The van der Waals surface area contributed by atoms with Crippen LogP contribution in [-0.4, -0.2) is 50.1 Å². The average molecular weight is 371 g/mol. The summed E-state index contributed by atoms with van der Waals surface area (Å²) in [6, 6.07) is 12.6. The van der Waals surface area contributed by atoms with Gasteiger partial charge in [-0.1, -0.05) is 18.2 Å². The van der Waals surface area contributed by atoms with Crippen LogP contribution < -0.4 is 15.0 Å². The maximum absolute atomic E-state index is 13.8. The molecule has 6 heteroatoms. The summed E-state index contributed by atoms with van der Waals surface area (Å²) >= 11 is 0. The quantitative estimate of drug-likeness (QED) is 0.846. The van der Waals surface area contributed by atoms with E-state index < -0.39 is 0 Å². The molecule has 0 atom stereocenters. The van der Waals surface area contributed by atoms with Gasteiger partial charge in [0.25, 0.3) is 0 Å². The lowest BCUT2D eigenvalue weighted by atomic mass is 10.1. The standard InChI is InChI=1S/C21H26FN3O2/c1-3-27-20-10-5-4-8-18(20)23-21(26)15-24-11-13-25(14-12-24)19-9-6-7-17(22)16(19)2/h4-10H,3,11-15H2,1-2H3,(H,23,26). The molecule has 0 bridgehead atoms. The fourth-order valence-corrected chi connectivity index (χ4v) is 3.33. The SMILES string of the molecule is CCOc1ccccc1NC(=O)CN1CCN(c2cccc(F)c2C)CC1. The van der Waals surface area contributed by atoms with E-state index in [0.29, 0.717) is 30.2 Å². The molecule has 1 aliphatic heterocycles. The third-order valence-electron chi connectivity index (χ3n) is 4.78. The summed E-state index contributed by atoms with van der Waals surface area (Å²) in [5, 5.41) is 2.93. The number of nitrogens with zero attached hydrogens (tertiary/aromatic N) is 2. The molecule has 144 valence electrons. The summed E-state index contributed by atoms with van der Waals surface area (Å²) in [4.78, 5) is 16.7. The van der Waals surface area contributed by atoms with Crippen LogP contribution in [-0.2, 0) is 4.79 Å². The molecule has 1 heterocycles. The third-order valence-corrected chi connectivity index (χ3v) is 4.78. The number of carbonyl (C=O) groups is 1. The minimum atomic E-state index is -0.178. The van der Waals surface area contributed by atoms with Crippen LogP contribution in [0.2, 0.25) is 0 Å². The molecule has 0 radical (unpaired) electrons. The van der Waals surface area contributed by atoms with Crippen molar-refractivity contribution in [3.63, 3.8) is 0 Å². The minimum Gasteiger partial charge on any atom is -0.492 e. The van der Waals surface area contributed by atoms with E-state index in [1.807, 2.05) is 37.3 Å². The van der Waals surface area contributed by atoms with Gasteiger partial charge in [0.2, 0.25) is 5.91 Å². The zero-order valence-electron chi connectivity index (χ0n) is 15.9. The second kappa shape index (κ2) is 8.86. The summed E-state index contributed by atoms with van der Waals surface area (Å²) in [6.45, 7) is 7.66. The fourth-order valence-electron chi connectivity index (χ4n) is 3.33. The van der Waals surface area contributed by atoms with Crippen LogP contribution >= 0.6 is 0 Å². The Hall–Kier alpha value is -2.60. The van der Waals surface area contributed by atoms with Crippen molar-refractivity contribution in [3.8, 4) is 5.75 Å². The first-order valence-electron chi connectivity index (χ1n) is 9.32. The molecule has 1 N–H and O–H groups in total. The predicted octanol–water partition coefficient (Wildman–Crippen LogP) is 3.29. The van der Waals surface area contributed by atoms with Gasteiger partial charge < -0.3 is 15.0 Å². The number of benzene rings is 2. The largest absolute Gasteiger partial charge is 0.492 e. The molecule has 1 fully saturated rings. The first-order valence-corrected chi connectivity index (χ1v) is 9.32. The van der Waals surface area contributed by atoms with E-state index in [4.69, 9.17) is 4.74 Å². The summed E-state index contributed by atoms with van der Waals surface area (Å²) < 4.78 is 19.3. The molecule has 1 aliphatic rings. The number of amides is 1. The van der Waals surface area contributed by atoms with Gasteiger partial charge in [-0.05, 0) is 38.1 Å². The number of para-hydroxylation sites is 2. The van der Waals surface area contributed by atoms with Crippen molar-refractivity contribution in [2.45, 2.75) is 13.8 Å². The molecule has 1 saturated heterocycles. The summed E-state index contributed by atoms with van der Waals surface area (Å²) in [6.07, 6.45) is 0. The Morgan fingerprint density at radius 2 is 1.85 bits per heavy atom. The number of nitrogens with one attached hydrogen (secondary N) is 1. The number of hydrogen-bond acceptors (Lipinski definition) is 4. The van der Waals surface area contributed by atoms with Gasteiger partial charge in [-0.3, -0.25) is 9.69 Å². The molecular weight excluding hydrogens is 345 g/mol. The zero-order chi connectivity index (χ0) is 19.2. The lowest BCUT2D eigenvalue weighted by molar-refractivity contribution is -0.117. The van der Waals surface area contributed by atoms with Crippen LogP contribution in [0, 0.1) is 12.7 Å². The number of hydrogen-bond donors (Lipinski definition) is 1. The highest BCUT2D eigenvalue weighted by molar-refractivity contribution is 5.93. The summed E-state index contributed by atoms with van der Waals surface area (Å²) in [7, 11) is 0. The molecule has 0 spiro atoms. The summed E-state index contributed by atoms with van der Waals surface area (Å²) in [5.41, 5.74) is 2.30. The molecular formula is C21H26FN3O2. The van der Waals surface area contributed by atoms with Crippen molar-refractivity contribution >= 4 is 17.3 Å². The van der Waals surface area contributed by atoms with Crippen molar-refractivity contribution in [2.75, 3.05) is 49.5 Å². The van der Waals surface area contributed by atoms with Crippen molar-refractivity contribution < 1.29 is 13.9 Å². The highest BCUT2D eigenvalue weighted by Crippen LogP contribution is 2.25. The number of rotatable bonds is 6. The molecule has 27 heavy (non-hydrogen) atoms. The van der Waals surface area contributed by atoms with E-state index in [-0.39, 0.29) is 11.7 Å². The van der Waals surface area contributed by atoms with Crippen LogP contribution in [0.15, 0.2) is 42.5 Å². The van der Waals surface area contributed by atoms with Gasteiger partial charge in [0.05, 0.1) is 18.8 Å². The number of ether oxygens (including phenoxy) is 1. The smallest absolute Gasteiger partial charge is 0.238 e. The van der Waals surface area contributed by atoms with E-state index in [0.717, 1.165) is 31.9 Å². The van der Waals surface area contributed by atoms with Crippen molar-refractivity contribution in [1.82, 2.24) is 4.90 Å². The number of carbonyl (C=O) groups excluding carboxylic acids is 1. The molecule has 2 aromatic carbocycles. The van der Waals surface area contributed by atoms with Crippen molar-refractivity contribution in [3.05, 3.63) is 53.8 Å². The number of anilines is 2. The first kappa shape index (κ1) is 19.2. The van der Waals surface area contributed by atoms with E-state index in [9.17, 15) is 9.18 Å². The minimum absolute atomic E-state index is 0.0578. The second-order valence-corrected chi connectivity index (χ2v) is 6.62. The first-order chi connectivity index (χ1) is 13.1. The maximum Gasteiger partial charge on any atom is 0.238 e. The fraction of sp³-hybridized carbons (Fsp3) is 0.381. The van der Waals surface area contributed by atoms with Gasteiger partial charge >= 0.3 is 0 Å². The Labute approximate surface area is 159 Å². The summed E-state index contributed by atoms with van der Waals surface area (Å²) in [5.74, 6) is 0.444. The Balaban J connectivity index is 1.53. The van der Waals surface area contributed by atoms with E-state index >= 15 is 0 Å². The topological polar surface area (TPSA) is 44.8 Å². The Bertz CT molecular complexity index is 789. The van der Waals surface area contributed by atoms with Crippen LogP contribution in [0.25, 0.3) is 0 Å². The zero-order valence-corrected chi connectivity index (χ0v) is 15.9. The van der Waals surface area contributed by atoms with E-state index in [1.165, 1.54) is 6.07 Å². The molecule has 2 aromatic rings. The normalized spacial score (nSPS) is 14.9. The van der Waals surface area contributed by atoms with Gasteiger partial charge in [0.15, 0.2) is 0 Å². The van der Waals surface area contributed by atoms with Crippen LogP contribution in [0.5, 0.6) is 5.75 Å². The van der Waals surface area contributed by atoms with Gasteiger partial charge in [-0.2, -0.15) is 0 Å². The van der Waals surface area contributed by atoms with Crippen LogP contribution in [0.3, 0.4) is 0 Å². The Kier molecular flexibility index (Phi) is 6.29.